The molecule has 106 valence electrons. The van der Waals surface area contributed by atoms with Crippen molar-refractivity contribution in [1.82, 2.24) is 14.5 Å². The van der Waals surface area contributed by atoms with Gasteiger partial charge in [-0.3, -0.25) is 10.1 Å². The van der Waals surface area contributed by atoms with E-state index in [0.717, 1.165) is 16.1 Å². The topological polar surface area (TPSA) is 73.8 Å². The normalized spacial score (nSPS) is 10.9. The van der Waals surface area contributed by atoms with Gasteiger partial charge in [-0.1, -0.05) is 30.0 Å². The van der Waals surface area contributed by atoms with Crippen LogP contribution in [0.1, 0.15) is 5.56 Å². The minimum absolute atomic E-state index is 0.141. The van der Waals surface area contributed by atoms with Gasteiger partial charge in [-0.2, -0.15) is 0 Å². The number of aromatic nitrogens is 3. The molecule has 21 heavy (non-hydrogen) atoms. The standard InChI is InChI=1S/C14H12N4O2S/c1-17-9-16-11-6-7-15-14(13(11)17)21-8-10-4-2-3-5-12(10)18(19)20/h2-7,9H,8H2,1H3. The van der Waals surface area contributed by atoms with Crippen LogP contribution in [0.15, 0.2) is 47.9 Å². The van der Waals surface area contributed by atoms with Crippen LogP contribution in [0.25, 0.3) is 11.0 Å². The molecule has 0 aliphatic rings. The van der Waals surface area contributed by atoms with Gasteiger partial charge in [0.25, 0.3) is 5.69 Å². The summed E-state index contributed by atoms with van der Waals surface area (Å²) in [5.74, 6) is 0.494. The molecule has 0 aliphatic carbocycles. The summed E-state index contributed by atoms with van der Waals surface area (Å²) in [6.07, 6.45) is 3.44. The number of hydrogen-bond donors (Lipinski definition) is 0. The molecule has 0 bridgehead atoms. The van der Waals surface area contributed by atoms with Gasteiger partial charge in [-0.25, -0.2) is 9.97 Å². The van der Waals surface area contributed by atoms with E-state index >= 15 is 0 Å². The zero-order chi connectivity index (χ0) is 14.8. The maximum atomic E-state index is 11.0. The molecule has 3 aromatic rings. The van der Waals surface area contributed by atoms with E-state index in [4.69, 9.17) is 0 Å². The van der Waals surface area contributed by atoms with Crippen LogP contribution in [0.5, 0.6) is 0 Å². The van der Waals surface area contributed by atoms with Crippen LogP contribution in [0.3, 0.4) is 0 Å². The largest absolute Gasteiger partial charge is 0.332 e. The quantitative estimate of drug-likeness (QED) is 0.420. The number of nitro benzene ring substituents is 1. The highest BCUT2D eigenvalue weighted by Gasteiger charge is 2.14. The molecule has 0 spiro atoms. The Kier molecular flexibility index (Phi) is 3.57. The average molecular weight is 300 g/mol. The van der Waals surface area contributed by atoms with E-state index in [0.29, 0.717) is 11.3 Å². The molecular weight excluding hydrogens is 288 g/mol. The zero-order valence-corrected chi connectivity index (χ0v) is 12.1. The summed E-state index contributed by atoms with van der Waals surface area (Å²) in [6.45, 7) is 0. The number of nitro groups is 1. The number of fused-ring (bicyclic) bond motifs is 1. The van der Waals surface area contributed by atoms with Crippen molar-refractivity contribution in [2.24, 2.45) is 7.05 Å². The van der Waals surface area contributed by atoms with Gasteiger partial charge in [-0.15, -0.1) is 0 Å². The summed E-state index contributed by atoms with van der Waals surface area (Å²) in [5.41, 5.74) is 2.65. The minimum Gasteiger partial charge on any atom is -0.332 e. The first kappa shape index (κ1) is 13.6. The predicted octanol–water partition coefficient (Wildman–Crippen LogP) is 3.17. The second kappa shape index (κ2) is 5.53. The molecule has 0 aliphatic heterocycles. The fraction of sp³-hybridized carbons (Fsp3) is 0.143. The molecule has 2 heterocycles. The average Bonchev–Trinajstić information content (AvgIpc) is 2.87. The lowest BCUT2D eigenvalue weighted by atomic mass is 10.2. The molecule has 0 saturated heterocycles. The van der Waals surface area contributed by atoms with Gasteiger partial charge in [0.15, 0.2) is 0 Å². The number of nitrogens with zero attached hydrogens (tertiary/aromatic N) is 4. The van der Waals surface area contributed by atoms with Crippen LogP contribution in [-0.4, -0.2) is 19.5 Å². The Bertz CT molecular complexity index is 816. The number of thioether (sulfide) groups is 1. The van der Waals surface area contributed by atoms with Crippen molar-refractivity contribution in [3.63, 3.8) is 0 Å². The summed E-state index contributed by atoms with van der Waals surface area (Å²) in [7, 11) is 1.91. The second-order valence-corrected chi connectivity index (χ2v) is 5.48. The number of pyridine rings is 1. The third-order valence-corrected chi connectivity index (χ3v) is 4.17. The molecule has 0 radical (unpaired) electrons. The minimum atomic E-state index is -0.353. The summed E-state index contributed by atoms with van der Waals surface area (Å²) in [5, 5.41) is 11.8. The highest BCUT2D eigenvalue weighted by molar-refractivity contribution is 7.98. The molecule has 0 amide bonds. The monoisotopic (exact) mass is 300 g/mol. The Labute approximate surface area is 125 Å². The van der Waals surface area contributed by atoms with E-state index in [9.17, 15) is 10.1 Å². The molecule has 6 nitrogen and oxygen atoms in total. The number of para-hydroxylation sites is 1. The van der Waals surface area contributed by atoms with E-state index in [-0.39, 0.29) is 10.6 Å². The first-order valence-corrected chi connectivity index (χ1v) is 7.26. The van der Waals surface area contributed by atoms with Gasteiger partial charge in [0.2, 0.25) is 0 Å². The number of rotatable bonds is 4. The molecule has 0 atom stereocenters. The Balaban J connectivity index is 1.91. The highest BCUT2D eigenvalue weighted by Crippen LogP contribution is 2.30. The van der Waals surface area contributed by atoms with E-state index in [1.54, 1.807) is 30.7 Å². The Morgan fingerprint density at radius 1 is 1.29 bits per heavy atom. The lowest BCUT2D eigenvalue weighted by Crippen LogP contribution is -1.95. The molecular formula is C14H12N4O2S. The van der Waals surface area contributed by atoms with Crippen molar-refractivity contribution in [2.75, 3.05) is 0 Å². The summed E-state index contributed by atoms with van der Waals surface area (Å²) in [4.78, 5) is 19.3. The number of hydrogen-bond acceptors (Lipinski definition) is 5. The highest BCUT2D eigenvalue weighted by atomic mass is 32.2. The van der Waals surface area contributed by atoms with Gasteiger partial charge < -0.3 is 4.57 Å². The summed E-state index contributed by atoms with van der Waals surface area (Å²) in [6, 6.07) is 8.63. The number of aryl methyl sites for hydroxylation is 1. The molecule has 1 aromatic carbocycles. The van der Waals surface area contributed by atoms with Crippen LogP contribution < -0.4 is 0 Å². The van der Waals surface area contributed by atoms with E-state index in [2.05, 4.69) is 9.97 Å². The van der Waals surface area contributed by atoms with E-state index < -0.39 is 0 Å². The third kappa shape index (κ3) is 2.59. The predicted molar refractivity (Wildman–Crippen MR) is 81.2 cm³/mol. The first-order valence-electron chi connectivity index (χ1n) is 6.28. The first-order chi connectivity index (χ1) is 10.2. The van der Waals surface area contributed by atoms with Gasteiger partial charge in [0.05, 0.1) is 16.8 Å². The van der Waals surface area contributed by atoms with Crippen molar-refractivity contribution < 1.29 is 4.92 Å². The van der Waals surface area contributed by atoms with Gasteiger partial charge in [-0.05, 0) is 6.07 Å². The second-order valence-electron chi connectivity index (χ2n) is 4.51. The van der Waals surface area contributed by atoms with E-state index in [1.165, 1.54) is 17.8 Å². The summed E-state index contributed by atoms with van der Waals surface area (Å²) >= 11 is 1.48. The third-order valence-electron chi connectivity index (χ3n) is 3.14. The van der Waals surface area contributed by atoms with Crippen LogP contribution in [0.4, 0.5) is 5.69 Å². The van der Waals surface area contributed by atoms with Crippen molar-refractivity contribution in [3.8, 4) is 0 Å². The molecule has 0 saturated carbocycles. The summed E-state index contributed by atoms with van der Waals surface area (Å²) < 4.78 is 1.91. The Morgan fingerprint density at radius 3 is 2.90 bits per heavy atom. The maximum absolute atomic E-state index is 11.0. The molecule has 3 rings (SSSR count). The molecule has 0 fully saturated rings. The smallest absolute Gasteiger partial charge is 0.273 e. The maximum Gasteiger partial charge on any atom is 0.273 e. The molecule has 7 heteroatoms. The molecule has 2 aromatic heterocycles. The zero-order valence-electron chi connectivity index (χ0n) is 11.3. The van der Waals surface area contributed by atoms with Gasteiger partial charge >= 0.3 is 0 Å². The molecule has 0 N–H and O–H groups in total. The fourth-order valence-corrected chi connectivity index (χ4v) is 3.19. The SMILES string of the molecule is Cn1cnc2ccnc(SCc3ccccc3[N+](=O)[O-])c21. The van der Waals surface area contributed by atoms with Crippen molar-refractivity contribution in [3.05, 3.63) is 58.5 Å². The Morgan fingerprint density at radius 2 is 2.10 bits per heavy atom. The van der Waals surface area contributed by atoms with Crippen LogP contribution in [0.2, 0.25) is 0 Å². The Hall–Kier alpha value is -2.41. The number of benzene rings is 1. The lowest BCUT2D eigenvalue weighted by molar-refractivity contribution is -0.385. The van der Waals surface area contributed by atoms with Gasteiger partial charge in [0, 0.05) is 30.6 Å². The molecule has 0 unspecified atom stereocenters. The van der Waals surface area contributed by atoms with Crippen molar-refractivity contribution >= 4 is 28.5 Å². The lowest BCUT2D eigenvalue weighted by Gasteiger charge is -2.05. The number of imidazole rings is 1. The van der Waals surface area contributed by atoms with Crippen LogP contribution in [0, 0.1) is 10.1 Å². The van der Waals surface area contributed by atoms with Crippen LogP contribution >= 0.6 is 11.8 Å². The van der Waals surface area contributed by atoms with Crippen molar-refractivity contribution in [1.29, 1.82) is 0 Å². The van der Waals surface area contributed by atoms with Crippen molar-refractivity contribution in [2.45, 2.75) is 10.8 Å². The van der Waals surface area contributed by atoms with E-state index in [1.807, 2.05) is 17.7 Å². The van der Waals surface area contributed by atoms with Crippen LogP contribution in [-0.2, 0) is 12.8 Å². The van der Waals surface area contributed by atoms with Gasteiger partial charge in [0.1, 0.15) is 10.5 Å². The fourth-order valence-electron chi connectivity index (χ4n) is 2.13.